The van der Waals surface area contributed by atoms with Crippen LogP contribution in [0.15, 0.2) is 24.3 Å². The topological polar surface area (TPSA) is 63.2 Å². The quantitative estimate of drug-likeness (QED) is 0.865. The van der Waals surface area contributed by atoms with Gasteiger partial charge in [-0.25, -0.2) is 8.42 Å². The standard InChI is InChI=1S/C9H10ClNO3S/c1-15(13,14)11-9(12)6-7-4-2-3-5-8(7)10/h2-5H,6H2,1H3,(H,11,12). The van der Waals surface area contributed by atoms with Gasteiger partial charge in [-0.1, -0.05) is 29.8 Å². The average Bonchev–Trinajstić information content (AvgIpc) is 2.05. The molecular formula is C9H10ClNO3S. The minimum atomic E-state index is -3.50. The summed E-state index contributed by atoms with van der Waals surface area (Å²) in [6.07, 6.45) is 0.879. The number of amides is 1. The van der Waals surface area contributed by atoms with E-state index >= 15 is 0 Å². The van der Waals surface area contributed by atoms with Crippen molar-refractivity contribution in [3.05, 3.63) is 34.9 Å². The summed E-state index contributed by atoms with van der Waals surface area (Å²) in [5, 5.41) is 0.446. The van der Waals surface area contributed by atoms with Crippen LogP contribution >= 0.6 is 11.6 Å². The summed E-state index contributed by atoms with van der Waals surface area (Å²) in [5.74, 6) is -0.592. The molecule has 1 amide bonds. The van der Waals surface area contributed by atoms with E-state index < -0.39 is 15.9 Å². The largest absolute Gasteiger partial charge is 0.274 e. The minimum Gasteiger partial charge on any atom is -0.274 e. The predicted octanol–water partition coefficient (Wildman–Crippen LogP) is 0.958. The Kier molecular flexibility index (Phi) is 3.71. The summed E-state index contributed by atoms with van der Waals surface area (Å²) in [6, 6.07) is 6.78. The first kappa shape index (κ1) is 12.0. The van der Waals surface area contributed by atoms with Crippen LogP contribution in [-0.2, 0) is 21.2 Å². The molecule has 1 N–H and O–H groups in total. The molecule has 15 heavy (non-hydrogen) atoms. The molecule has 0 fully saturated rings. The summed E-state index contributed by atoms with van der Waals surface area (Å²) in [5.41, 5.74) is 0.598. The lowest BCUT2D eigenvalue weighted by Gasteiger charge is -2.04. The van der Waals surface area contributed by atoms with Crippen molar-refractivity contribution in [1.29, 1.82) is 0 Å². The van der Waals surface area contributed by atoms with Crippen molar-refractivity contribution in [1.82, 2.24) is 4.72 Å². The van der Waals surface area contributed by atoms with Crippen molar-refractivity contribution >= 4 is 27.5 Å². The number of hydrogen-bond acceptors (Lipinski definition) is 3. The maximum atomic E-state index is 11.2. The molecular weight excluding hydrogens is 238 g/mol. The van der Waals surface area contributed by atoms with Crippen LogP contribution < -0.4 is 4.72 Å². The van der Waals surface area contributed by atoms with Crippen molar-refractivity contribution in [2.45, 2.75) is 6.42 Å². The molecule has 0 aromatic heterocycles. The Bertz CT molecular complexity index is 470. The number of carbonyl (C=O) groups is 1. The predicted molar refractivity (Wildman–Crippen MR) is 58.1 cm³/mol. The van der Waals surface area contributed by atoms with E-state index in [2.05, 4.69) is 0 Å². The van der Waals surface area contributed by atoms with Gasteiger partial charge in [0.25, 0.3) is 0 Å². The molecule has 1 aromatic carbocycles. The van der Waals surface area contributed by atoms with Gasteiger partial charge in [-0.3, -0.25) is 9.52 Å². The van der Waals surface area contributed by atoms with Gasteiger partial charge in [0.1, 0.15) is 0 Å². The van der Waals surface area contributed by atoms with Gasteiger partial charge in [0.2, 0.25) is 15.9 Å². The second-order valence-corrected chi connectivity index (χ2v) is 5.22. The summed E-state index contributed by atoms with van der Waals surface area (Å²) in [4.78, 5) is 11.2. The van der Waals surface area contributed by atoms with Gasteiger partial charge >= 0.3 is 0 Å². The van der Waals surface area contributed by atoms with Crippen LogP contribution in [0.1, 0.15) is 5.56 Å². The minimum absolute atomic E-state index is 0.0489. The van der Waals surface area contributed by atoms with Crippen LogP contribution in [0.4, 0.5) is 0 Å². The second-order valence-electron chi connectivity index (χ2n) is 3.07. The molecule has 0 atom stereocenters. The van der Waals surface area contributed by atoms with Crippen molar-refractivity contribution in [3.8, 4) is 0 Å². The van der Waals surface area contributed by atoms with Crippen LogP contribution in [0.5, 0.6) is 0 Å². The molecule has 0 saturated carbocycles. The molecule has 0 spiro atoms. The highest BCUT2D eigenvalue weighted by atomic mass is 35.5. The summed E-state index contributed by atoms with van der Waals surface area (Å²) in [6.45, 7) is 0. The van der Waals surface area contributed by atoms with Crippen molar-refractivity contribution in [2.75, 3.05) is 6.26 Å². The summed E-state index contributed by atoms with van der Waals surface area (Å²) >= 11 is 5.81. The summed E-state index contributed by atoms with van der Waals surface area (Å²) in [7, 11) is -3.50. The van der Waals surface area contributed by atoms with Crippen LogP contribution in [0.3, 0.4) is 0 Å². The molecule has 0 heterocycles. The van der Waals surface area contributed by atoms with Gasteiger partial charge in [0, 0.05) is 5.02 Å². The SMILES string of the molecule is CS(=O)(=O)NC(=O)Cc1ccccc1Cl. The molecule has 82 valence electrons. The zero-order valence-corrected chi connectivity index (χ0v) is 9.60. The Morgan fingerprint density at radius 3 is 2.53 bits per heavy atom. The zero-order chi connectivity index (χ0) is 11.5. The maximum absolute atomic E-state index is 11.2. The van der Waals surface area contributed by atoms with Crippen LogP contribution in [-0.4, -0.2) is 20.6 Å². The number of benzene rings is 1. The van der Waals surface area contributed by atoms with E-state index in [-0.39, 0.29) is 6.42 Å². The van der Waals surface area contributed by atoms with Gasteiger partial charge in [-0.15, -0.1) is 0 Å². The Balaban J connectivity index is 2.72. The van der Waals surface area contributed by atoms with E-state index in [0.29, 0.717) is 10.6 Å². The zero-order valence-electron chi connectivity index (χ0n) is 8.03. The number of nitrogens with one attached hydrogen (secondary N) is 1. The first-order chi connectivity index (χ1) is 6.88. The molecule has 0 saturated heterocycles. The fraction of sp³-hybridized carbons (Fsp3) is 0.222. The maximum Gasteiger partial charge on any atom is 0.237 e. The van der Waals surface area contributed by atoms with Crippen molar-refractivity contribution in [3.63, 3.8) is 0 Å². The van der Waals surface area contributed by atoms with Gasteiger partial charge in [-0.05, 0) is 11.6 Å². The molecule has 0 aliphatic rings. The lowest BCUT2D eigenvalue weighted by atomic mass is 10.1. The first-order valence-electron chi connectivity index (χ1n) is 4.12. The monoisotopic (exact) mass is 247 g/mol. The Labute approximate surface area is 93.3 Å². The van der Waals surface area contributed by atoms with E-state index in [1.165, 1.54) is 0 Å². The highest BCUT2D eigenvalue weighted by molar-refractivity contribution is 7.89. The molecule has 0 radical (unpaired) electrons. The van der Waals surface area contributed by atoms with E-state index in [9.17, 15) is 13.2 Å². The van der Waals surface area contributed by atoms with E-state index in [4.69, 9.17) is 11.6 Å². The fourth-order valence-electron chi connectivity index (χ4n) is 1.06. The molecule has 1 rings (SSSR count). The van der Waals surface area contributed by atoms with Crippen molar-refractivity contribution < 1.29 is 13.2 Å². The van der Waals surface area contributed by atoms with E-state index in [0.717, 1.165) is 6.26 Å². The van der Waals surface area contributed by atoms with Gasteiger partial charge in [0.05, 0.1) is 12.7 Å². The van der Waals surface area contributed by atoms with Gasteiger partial charge in [-0.2, -0.15) is 0 Å². The Morgan fingerprint density at radius 2 is 2.00 bits per heavy atom. The number of hydrogen-bond donors (Lipinski definition) is 1. The molecule has 0 aliphatic carbocycles. The van der Waals surface area contributed by atoms with Gasteiger partial charge in [0.15, 0.2) is 0 Å². The number of halogens is 1. The molecule has 4 nitrogen and oxygen atoms in total. The third-order valence-electron chi connectivity index (χ3n) is 1.61. The lowest BCUT2D eigenvalue weighted by molar-refractivity contribution is -0.118. The van der Waals surface area contributed by atoms with E-state index in [1.54, 1.807) is 24.3 Å². The molecule has 6 heteroatoms. The normalized spacial score (nSPS) is 11.1. The number of sulfonamides is 1. The van der Waals surface area contributed by atoms with Gasteiger partial charge < -0.3 is 0 Å². The molecule has 1 aromatic rings. The highest BCUT2D eigenvalue weighted by Gasteiger charge is 2.10. The number of rotatable bonds is 3. The van der Waals surface area contributed by atoms with Crippen LogP contribution in [0.2, 0.25) is 5.02 Å². The van der Waals surface area contributed by atoms with Crippen molar-refractivity contribution in [2.24, 2.45) is 0 Å². The average molecular weight is 248 g/mol. The lowest BCUT2D eigenvalue weighted by Crippen LogP contribution is -2.30. The third-order valence-corrected chi connectivity index (χ3v) is 2.58. The number of carbonyl (C=O) groups excluding carboxylic acids is 1. The summed E-state index contributed by atoms with van der Waals surface area (Å²) < 4.78 is 23.4. The molecule has 0 aliphatic heterocycles. The molecule has 0 unspecified atom stereocenters. The van der Waals surface area contributed by atoms with Crippen LogP contribution in [0.25, 0.3) is 0 Å². The third kappa shape index (κ3) is 4.31. The Hall–Kier alpha value is -1.07. The second kappa shape index (κ2) is 4.63. The van der Waals surface area contributed by atoms with E-state index in [1.807, 2.05) is 4.72 Å². The smallest absolute Gasteiger partial charge is 0.237 e. The van der Waals surface area contributed by atoms with Crippen LogP contribution in [0, 0.1) is 0 Å². The fourth-order valence-corrected chi connectivity index (χ4v) is 1.75. The molecule has 0 bridgehead atoms. The first-order valence-corrected chi connectivity index (χ1v) is 6.39. The Morgan fingerprint density at radius 1 is 1.40 bits per heavy atom. The highest BCUT2D eigenvalue weighted by Crippen LogP contribution is 2.15.